The number of nitrogens with zero attached hydrogens (tertiary/aromatic N) is 2. The van der Waals surface area contributed by atoms with Crippen LogP contribution in [0.5, 0.6) is 5.75 Å². The van der Waals surface area contributed by atoms with E-state index in [0.717, 1.165) is 24.1 Å². The summed E-state index contributed by atoms with van der Waals surface area (Å²) in [5.41, 5.74) is 8.95. The number of nitriles is 1. The van der Waals surface area contributed by atoms with Crippen molar-refractivity contribution in [3.63, 3.8) is 0 Å². The number of fused-ring (bicyclic) bond motifs is 1. The molecule has 7 heteroatoms. The van der Waals surface area contributed by atoms with E-state index in [1.165, 1.54) is 0 Å². The fourth-order valence-electron chi connectivity index (χ4n) is 4.88. The quantitative estimate of drug-likeness (QED) is 0.660. The first-order valence-electron chi connectivity index (χ1n) is 10.6. The van der Waals surface area contributed by atoms with Gasteiger partial charge in [0.25, 0.3) is 0 Å². The zero-order valence-electron chi connectivity index (χ0n) is 18.0. The van der Waals surface area contributed by atoms with Crippen molar-refractivity contribution in [1.82, 2.24) is 0 Å². The molecule has 4 rings (SSSR count). The van der Waals surface area contributed by atoms with Gasteiger partial charge in [-0.1, -0.05) is 6.92 Å². The molecule has 1 unspecified atom stereocenters. The van der Waals surface area contributed by atoms with E-state index in [4.69, 9.17) is 10.5 Å². The van der Waals surface area contributed by atoms with E-state index in [9.17, 15) is 15.2 Å². The van der Waals surface area contributed by atoms with E-state index in [0.29, 0.717) is 28.5 Å². The van der Waals surface area contributed by atoms with Crippen LogP contribution in [0.4, 0.5) is 11.4 Å². The topological polar surface area (TPSA) is 112 Å². The van der Waals surface area contributed by atoms with Crippen LogP contribution in [0.25, 0.3) is 0 Å². The number of primary amides is 1. The molecule has 0 aromatic heterocycles. The zero-order valence-corrected chi connectivity index (χ0v) is 18.0. The third-order valence-electron chi connectivity index (χ3n) is 6.48. The Morgan fingerprint density at radius 3 is 2.65 bits per heavy atom. The van der Waals surface area contributed by atoms with Gasteiger partial charge in [-0.3, -0.25) is 4.79 Å². The summed E-state index contributed by atoms with van der Waals surface area (Å²) in [5.74, 6) is 0.742. The molecule has 0 bridgehead atoms. The first-order chi connectivity index (χ1) is 14.8. The molecule has 2 aromatic rings. The van der Waals surface area contributed by atoms with Gasteiger partial charge in [-0.2, -0.15) is 5.26 Å². The molecule has 0 saturated heterocycles. The number of hydrogen-bond acceptors (Lipinski definition) is 6. The fraction of sp³-hybridized carbons (Fsp3) is 0.417. The lowest BCUT2D eigenvalue weighted by Gasteiger charge is -2.48. The Balaban J connectivity index is 1.83. The van der Waals surface area contributed by atoms with E-state index in [1.54, 1.807) is 32.2 Å². The van der Waals surface area contributed by atoms with Crippen LogP contribution in [0.15, 0.2) is 36.4 Å². The highest BCUT2D eigenvalue weighted by atomic mass is 16.5. The number of amides is 1. The van der Waals surface area contributed by atoms with Gasteiger partial charge in [-0.25, -0.2) is 0 Å². The van der Waals surface area contributed by atoms with Crippen molar-refractivity contribution < 1.29 is 14.6 Å². The first-order valence-corrected chi connectivity index (χ1v) is 10.6. The van der Waals surface area contributed by atoms with Gasteiger partial charge in [0.15, 0.2) is 0 Å². The Labute approximate surface area is 182 Å². The molecule has 2 aliphatic rings. The van der Waals surface area contributed by atoms with Gasteiger partial charge in [-0.05, 0) is 67.6 Å². The highest BCUT2D eigenvalue weighted by Crippen LogP contribution is 2.50. The maximum atomic E-state index is 11.9. The standard InChI is InChI=1S/C24H28N4O3/c1-13-22(27-20-8-7-18(31-3)10-17(20)12-25)19-11-16(24(26)30)6-9-21(19)28(14(2)29)23(13)15-4-5-15/h6-11,13-15,22-23,27,29H,4-5H2,1-3H3,(H2,26,30)/t13-,14?,22-,23-/m1/s1. The van der Waals surface area contributed by atoms with Crippen LogP contribution in [0.2, 0.25) is 0 Å². The molecule has 2 aromatic carbocycles. The van der Waals surface area contributed by atoms with E-state index >= 15 is 0 Å². The predicted octanol–water partition coefficient (Wildman–Crippen LogP) is 3.39. The zero-order chi connectivity index (χ0) is 22.3. The largest absolute Gasteiger partial charge is 0.497 e. The molecule has 0 radical (unpaired) electrons. The Kier molecular flexibility index (Phi) is 5.50. The maximum Gasteiger partial charge on any atom is 0.248 e. The second-order valence-corrected chi connectivity index (χ2v) is 8.51. The number of nitrogens with two attached hydrogens (primary N) is 1. The molecular formula is C24H28N4O3. The van der Waals surface area contributed by atoms with Gasteiger partial charge in [0.1, 0.15) is 18.0 Å². The molecule has 31 heavy (non-hydrogen) atoms. The van der Waals surface area contributed by atoms with Gasteiger partial charge in [-0.15, -0.1) is 0 Å². The van der Waals surface area contributed by atoms with Crippen LogP contribution in [0, 0.1) is 23.2 Å². The number of aliphatic hydroxyl groups excluding tert-OH is 1. The van der Waals surface area contributed by atoms with Crippen LogP contribution >= 0.6 is 0 Å². The van der Waals surface area contributed by atoms with Gasteiger partial charge >= 0.3 is 0 Å². The molecule has 7 nitrogen and oxygen atoms in total. The minimum atomic E-state index is -0.664. The summed E-state index contributed by atoms with van der Waals surface area (Å²) in [7, 11) is 1.57. The molecule has 1 aliphatic carbocycles. The minimum Gasteiger partial charge on any atom is -0.497 e. The molecular weight excluding hydrogens is 392 g/mol. The highest BCUT2D eigenvalue weighted by Gasteiger charge is 2.47. The summed E-state index contributed by atoms with van der Waals surface area (Å²) >= 11 is 0. The fourth-order valence-corrected chi connectivity index (χ4v) is 4.88. The number of ether oxygens (including phenoxy) is 1. The number of hydrogen-bond donors (Lipinski definition) is 3. The number of carbonyl (C=O) groups excluding carboxylic acids is 1. The molecule has 1 heterocycles. The normalized spacial score (nSPS) is 23.5. The van der Waals surface area contributed by atoms with Crippen LogP contribution in [0.1, 0.15) is 54.2 Å². The lowest BCUT2D eigenvalue weighted by atomic mass is 9.79. The molecule has 1 amide bonds. The van der Waals surface area contributed by atoms with Crippen molar-refractivity contribution in [3.05, 3.63) is 53.1 Å². The lowest BCUT2D eigenvalue weighted by molar-refractivity contribution is 0.1000. The van der Waals surface area contributed by atoms with Crippen molar-refractivity contribution in [1.29, 1.82) is 5.26 Å². The van der Waals surface area contributed by atoms with Crippen molar-refractivity contribution in [2.24, 2.45) is 17.6 Å². The summed E-state index contributed by atoms with van der Waals surface area (Å²) in [6.45, 7) is 3.93. The number of rotatable bonds is 6. The summed E-state index contributed by atoms with van der Waals surface area (Å²) in [5, 5.41) is 23.9. The second kappa shape index (κ2) is 8.12. The van der Waals surface area contributed by atoms with Crippen LogP contribution in [-0.2, 0) is 0 Å². The number of methoxy groups -OCH3 is 1. The average Bonchev–Trinajstić information content (AvgIpc) is 3.59. The second-order valence-electron chi connectivity index (χ2n) is 8.51. The Bertz CT molecular complexity index is 1040. The number of anilines is 2. The highest BCUT2D eigenvalue weighted by molar-refractivity contribution is 5.93. The predicted molar refractivity (Wildman–Crippen MR) is 119 cm³/mol. The molecule has 1 saturated carbocycles. The summed E-state index contributed by atoms with van der Waals surface area (Å²) in [6, 6.07) is 13.0. The monoisotopic (exact) mass is 420 g/mol. The summed E-state index contributed by atoms with van der Waals surface area (Å²) in [6.07, 6.45) is 1.60. The van der Waals surface area contributed by atoms with E-state index in [-0.39, 0.29) is 18.0 Å². The third-order valence-corrected chi connectivity index (χ3v) is 6.48. The molecule has 4 atom stereocenters. The van der Waals surface area contributed by atoms with Gasteiger partial charge in [0.05, 0.1) is 24.4 Å². The van der Waals surface area contributed by atoms with Gasteiger partial charge in [0.2, 0.25) is 5.91 Å². The summed E-state index contributed by atoms with van der Waals surface area (Å²) in [4.78, 5) is 14.0. The number of aliphatic hydroxyl groups is 1. The van der Waals surface area contributed by atoms with Crippen LogP contribution < -0.4 is 20.7 Å². The molecule has 1 fully saturated rings. The first kappa shape index (κ1) is 21.0. The Morgan fingerprint density at radius 2 is 2.06 bits per heavy atom. The van der Waals surface area contributed by atoms with E-state index in [1.807, 2.05) is 18.2 Å². The Hall–Kier alpha value is -3.24. The molecule has 162 valence electrons. The smallest absolute Gasteiger partial charge is 0.248 e. The van der Waals surface area contributed by atoms with Crippen molar-refractivity contribution in [2.45, 2.75) is 45.0 Å². The van der Waals surface area contributed by atoms with Crippen molar-refractivity contribution in [3.8, 4) is 11.8 Å². The van der Waals surface area contributed by atoms with Crippen LogP contribution in [0.3, 0.4) is 0 Å². The number of carbonyl (C=O) groups is 1. The lowest BCUT2D eigenvalue weighted by Crippen LogP contribution is -2.52. The van der Waals surface area contributed by atoms with Gasteiger partial charge in [0, 0.05) is 23.2 Å². The minimum absolute atomic E-state index is 0.117. The number of benzene rings is 2. The number of nitrogens with one attached hydrogen (secondary N) is 1. The van der Waals surface area contributed by atoms with Crippen molar-refractivity contribution in [2.75, 3.05) is 17.3 Å². The van der Waals surface area contributed by atoms with Crippen molar-refractivity contribution >= 4 is 17.3 Å². The van der Waals surface area contributed by atoms with E-state index in [2.05, 4.69) is 23.2 Å². The van der Waals surface area contributed by atoms with Crippen LogP contribution in [-0.4, -0.2) is 30.4 Å². The average molecular weight is 421 g/mol. The molecule has 0 spiro atoms. The van der Waals surface area contributed by atoms with Gasteiger partial charge < -0.3 is 25.8 Å². The molecule has 4 N–H and O–H groups in total. The third kappa shape index (κ3) is 3.79. The van der Waals surface area contributed by atoms with E-state index < -0.39 is 12.1 Å². The summed E-state index contributed by atoms with van der Waals surface area (Å²) < 4.78 is 5.25. The maximum absolute atomic E-state index is 11.9. The molecule has 1 aliphatic heterocycles. The SMILES string of the molecule is COc1ccc(N[C@H]2c3cc(C(N)=O)ccc3N(C(C)O)[C@@H](C3CC3)[C@@H]2C)c(C#N)c1. The Morgan fingerprint density at radius 1 is 1.32 bits per heavy atom.